The highest BCUT2D eigenvalue weighted by atomic mass is 79.9. The standard InChI is InChI=1S/C12H17BrFNOS/c1-9(17(2)16)5-6-15-8-10-7-11(14)3-4-12(10)13/h3-4,7,9,15H,5-6,8H2,1-2H3/t9-,17+/m1/s1. The highest BCUT2D eigenvalue weighted by Crippen LogP contribution is 2.17. The van der Waals surface area contributed by atoms with Gasteiger partial charge >= 0.3 is 0 Å². The fraction of sp³-hybridized carbons (Fsp3) is 0.500. The Morgan fingerprint density at radius 3 is 2.88 bits per heavy atom. The monoisotopic (exact) mass is 321 g/mol. The zero-order chi connectivity index (χ0) is 12.8. The van der Waals surface area contributed by atoms with Gasteiger partial charge in [-0.05, 0) is 36.7 Å². The van der Waals surface area contributed by atoms with Crippen LogP contribution in [0.5, 0.6) is 0 Å². The fourth-order valence-electron chi connectivity index (χ4n) is 1.37. The second kappa shape index (κ2) is 7.24. The summed E-state index contributed by atoms with van der Waals surface area (Å²) in [7, 11) is -0.776. The molecule has 1 rings (SSSR count). The Balaban J connectivity index is 2.36. The van der Waals surface area contributed by atoms with E-state index in [-0.39, 0.29) is 11.1 Å². The maximum absolute atomic E-state index is 13.0. The molecule has 0 saturated heterocycles. The van der Waals surface area contributed by atoms with E-state index in [1.54, 1.807) is 12.3 Å². The third-order valence-corrected chi connectivity index (χ3v) is 4.76. The van der Waals surface area contributed by atoms with E-state index in [1.807, 2.05) is 6.92 Å². The Hall–Kier alpha value is -0.260. The van der Waals surface area contributed by atoms with Crippen molar-refractivity contribution in [1.82, 2.24) is 5.32 Å². The lowest BCUT2D eigenvalue weighted by Crippen LogP contribution is -2.21. The largest absolute Gasteiger partial charge is 0.313 e. The lowest BCUT2D eigenvalue weighted by molar-refractivity contribution is 0.611. The first-order valence-corrected chi connectivity index (χ1v) is 7.89. The van der Waals surface area contributed by atoms with Crippen LogP contribution in [-0.2, 0) is 17.3 Å². The van der Waals surface area contributed by atoms with Gasteiger partial charge in [-0.2, -0.15) is 0 Å². The number of hydrogen-bond acceptors (Lipinski definition) is 2. The highest BCUT2D eigenvalue weighted by molar-refractivity contribution is 9.10. The Bertz CT molecular complexity index is 400. The second-order valence-electron chi connectivity index (χ2n) is 4.01. The molecule has 1 aromatic carbocycles. The molecule has 0 bridgehead atoms. The highest BCUT2D eigenvalue weighted by Gasteiger charge is 2.06. The maximum atomic E-state index is 13.0. The summed E-state index contributed by atoms with van der Waals surface area (Å²) in [6.07, 6.45) is 2.57. The quantitative estimate of drug-likeness (QED) is 0.816. The maximum Gasteiger partial charge on any atom is 0.123 e. The van der Waals surface area contributed by atoms with Crippen molar-refractivity contribution < 1.29 is 8.60 Å². The summed E-state index contributed by atoms with van der Waals surface area (Å²) in [6.45, 7) is 3.36. The van der Waals surface area contributed by atoms with Crippen molar-refractivity contribution >= 4 is 26.7 Å². The summed E-state index contributed by atoms with van der Waals surface area (Å²) in [4.78, 5) is 0. The van der Waals surface area contributed by atoms with Crippen LogP contribution in [0.15, 0.2) is 22.7 Å². The molecule has 0 heterocycles. The number of benzene rings is 1. The zero-order valence-electron chi connectivity index (χ0n) is 10.0. The molecular formula is C12H17BrFNOS. The van der Waals surface area contributed by atoms with Crippen LogP contribution in [-0.4, -0.2) is 22.3 Å². The average Bonchev–Trinajstić information content (AvgIpc) is 2.28. The van der Waals surface area contributed by atoms with Gasteiger partial charge in [-0.1, -0.05) is 22.9 Å². The number of nitrogens with one attached hydrogen (secondary N) is 1. The SMILES string of the molecule is C[C@H](CCNCc1cc(F)ccc1Br)[S@](C)=O. The third kappa shape index (κ3) is 5.27. The van der Waals surface area contributed by atoms with E-state index in [9.17, 15) is 8.60 Å². The van der Waals surface area contributed by atoms with E-state index >= 15 is 0 Å². The minimum atomic E-state index is -0.776. The van der Waals surface area contributed by atoms with Gasteiger partial charge in [0.05, 0.1) is 0 Å². The van der Waals surface area contributed by atoms with E-state index < -0.39 is 10.8 Å². The molecule has 0 aromatic heterocycles. The topological polar surface area (TPSA) is 29.1 Å². The van der Waals surface area contributed by atoms with Crippen LogP contribution < -0.4 is 5.32 Å². The summed E-state index contributed by atoms with van der Waals surface area (Å²) >= 11 is 3.38. The van der Waals surface area contributed by atoms with Gasteiger partial charge in [0.1, 0.15) is 5.82 Å². The van der Waals surface area contributed by atoms with E-state index in [2.05, 4.69) is 21.2 Å². The molecule has 2 nitrogen and oxygen atoms in total. The third-order valence-electron chi connectivity index (χ3n) is 2.62. The van der Waals surface area contributed by atoms with E-state index in [1.165, 1.54) is 12.1 Å². The van der Waals surface area contributed by atoms with Crippen LogP contribution in [0.3, 0.4) is 0 Å². The minimum absolute atomic E-state index is 0.193. The van der Waals surface area contributed by atoms with Gasteiger partial charge in [0.2, 0.25) is 0 Å². The van der Waals surface area contributed by atoms with Crippen molar-refractivity contribution in [3.8, 4) is 0 Å². The zero-order valence-corrected chi connectivity index (χ0v) is 12.4. The fourth-order valence-corrected chi connectivity index (χ4v) is 2.21. The molecule has 0 aliphatic heterocycles. The second-order valence-corrected chi connectivity index (χ2v) is 6.67. The molecule has 0 aliphatic carbocycles. The molecule has 0 saturated carbocycles. The summed E-state index contributed by atoms with van der Waals surface area (Å²) in [5.41, 5.74) is 0.898. The molecule has 96 valence electrons. The van der Waals surface area contributed by atoms with Crippen LogP contribution in [0.4, 0.5) is 4.39 Å². The van der Waals surface area contributed by atoms with Crippen molar-refractivity contribution in [2.45, 2.75) is 25.1 Å². The normalized spacial score (nSPS) is 14.6. The first kappa shape index (κ1) is 14.8. The van der Waals surface area contributed by atoms with Crippen molar-refractivity contribution in [3.63, 3.8) is 0 Å². The molecule has 0 unspecified atom stereocenters. The van der Waals surface area contributed by atoms with Gasteiger partial charge in [-0.3, -0.25) is 4.21 Å². The molecule has 1 aromatic rings. The average molecular weight is 322 g/mol. The minimum Gasteiger partial charge on any atom is -0.313 e. The van der Waals surface area contributed by atoms with Crippen molar-refractivity contribution in [1.29, 1.82) is 0 Å². The molecule has 0 amide bonds. The van der Waals surface area contributed by atoms with Crippen LogP contribution in [0.2, 0.25) is 0 Å². The number of hydrogen-bond donors (Lipinski definition) is 1. The van der Waals surface area contributed by atoms with Crippen LogP contribution in [0.1, 0.15) is 18.9 Å². The van der Waals surface area contributed by atoms with Gasteiger partial charge in [-0.15, -0.1) is 0 Å². The molecule has 17 heavy (non-hydrogen) atoms. The summed E-state index contributed by atoms with van der Waals surface area (Å²) < 4.78 is 25.0. The van der Waals surface area contributed by atoms with Gasteiger partial charge in [-0.25, -0.2) is 4.39 Å². The van der Waals surface area contributed by atoms with Gasteiger partial charge in [0.25, 0.3) is 0 Å². The lowest BCUT2D eigenvalue weighted by atomic mass is 10.2. The van der Waals surface area contributed by atoms with Gasteiger partial charge in [0.15, 0.2) is 0 Å². The van der Waals surface area contributed by atoms with Crippen molar-refractivity contribution in [2.24, 2.45) is 0 Å². The first-order valence-electron chi connectivity index (χ1n) is 5.47. The molecule has 5 heteroatoms. The predicted octanol–water partition coefficient (Wildman–Crippen LogP) is 2.83. The van der Waals surface area contributed by atoms with Crippen LogP contribution in [0.25, 0.3) is 0 Å². The molecule has 0 spiro atoms. The van der Waals surface area contributed by atoms with E-state index in [0.717, 1.165) is 23.0 Å². The molecule has 0 radical (unpaired) electrons. The predicted molar refractivity (Wildman–Crippen MR) is 74.0 cm³/mol. The molecule has 0 fully saturated rings. The van der Waals surface area contributed by atoms with Crippen molar-refractivity contribution in [2.75, 3.05) is 12.8 Å². The lowest BCUT2D eigenvalue weighted by Gasteiger charge is -2.10. The Morgan fingerprint density at radius 1 is 1.53 bits per heavy atom. The van der Waals surface area contributed by atoms with E-state index in [0.29, 0.717) is 6.54 Å². The molecule has 2 atom stereocenters. The summed E-state index contributed by atoms with van der Waals surface area (Å²) in [5, 5.41) is 3.42. The summed E-state index contributed by atoms with van der Waals surface area (Å²) in [5.74, 6) is -0.229. The molecule has 1 N–H and O–H groups in total. The first-order chi connectivity index (χ1) is 8.00. The smallest absolute Gasteiger partial charge is 0.123 e. The molecule has 0 aliphatic rings. The van der Waals surface area contributed by atoms with Crippen molar-refractivity contribution in [3.05, 3.63) is 34.1 Å². The Kier molecular flexibility index (Phi) is 6.30. The van der Waals surface area contributed by atoms with Gasteiger partial charge in [0, 0.05) is 33.3 Å². The Labute approximate surface area is 113 Å². The number of rotatable bonds is 6. The van der Waals surface area contributed by atoms with Gasteiger partial charge < -0.3 is 5.32 Å². The Morgan fingerprint density at radius 2 is 2.24 bits per heavy atom. The summed E-state index contributed by atoms with van der Waals surface area (Å²) in [6, 6.07) is 4.64. The van der Waals surface area contributed by atoms with Crippen LogP contribution >= 0.6 is 15.9 Å². The number of halogens is 2. The van der Waals surface area contributed by atoms with E-state index in [4.69, 9.17) is 0 Å². The molecular weight excluding hydrogens is 305 g/mol. The van der Waals surface area contributed by atoms with Crippen LogP contribution in [0, 0.1) is 5.82 Å².